The zero-order chi connectivity index (χ0) is 22.8. The lowest BCUT2D eigenvalue weighted by atomic mass is 9.98. The molecule has 1 fully saturated rings. The van der Waals surface area contributed by atoms with Crippen molar-refractivity contribution in [3.8, 4) is 5.75 Å². The number of rotatable bonds is 5. The van der Waals surface area contributed by atoms with Crippen molar-refractivity contribution in [2.24, 2.45) is 0 Å². The number of aliphatic hydroxyl groups is 1. The summed E-state index contributed by atoms with van der Waals surface area (Å²) in [4.78, 5) is 31.8. The van der Waals surface area contributed by atoms with E-state index >= 15 is 0 Å². The van der Waals surface area contributed by atoms with Crippen LogP contribution in [0.3, 0.4) is 0 Å². The molecule has 1 atom stereocenters. The van der Waals surface area contributed by atoms with Gasteiger partial charge in [-0.25, -0.2) is 0 Å². The van der Waals surface area contributed by atoms with E-state index in [1.54, 1.807) is 43.6 Å². The second-order valence-corrected chi connectivity index (χ2v) is 7.97. The molecule has 1 unspecified atom stereocenters. The molecule has 1 N–H and O–H groups in total. The summed E-state index contributed by atoms with van der Waals surface area (Å²) in [5.74, 6) is -1.18. The normalized spacial score (nSPS) is 17.6. The molecule has 2 aromatic carbocycles. The molecular formula is C24H18Cl2N2O4. The van der Waals surface area contributed by atoms with E-state index < -0.39 is 17.7 Å². The number of aromatic nitrogens is 1. The molecule has 8 heteroatoms. The number of ether oxygens (including phenoxy) is 1. The molecular weight excluding hydrogens is 451 g/mol. The molecule has 1 aromatic heterocycles. The fourth-order valence-corrected chi connectivity index (χ4v) is 3.91. The Kier molecular flexibility index (Phi) is 6.17. The van der Waals surface area contributed by atoms with Gasteiger partial charge >= 0.3 is 0 Å². The maximum absolute atomic E-state index is 13.0. The highest BCUT2D eigenvalue weighted by Gasteiger charge is 2.46. The van der Waals surface area contributed by atoms with Gasteiger partial charge in [-0.05, 0) is 48.0 Å². The lowest BCUT2D eigenvalue weighted by Crippen LogP contribution is -2.29. The molecule has 0 spiro atoms. The maximum atomic E-state index is 13.0. The van der Waals surface area contributed by atoms with E-state index in [1.807, 2.05) is 12.1 Å². The van der Waals surface area contributed by atoms with Gasteiger partial charge in [0.2, 0.25) is 0 Å². The summed E-state index contributed by atoms with van der Waals surface area (Å²) in [6, 6.07) is 16.0. The Labute approximate surface area is 194 Å². The van der Waals surface area contributed by atoms with Crippen LogP contribution in [0, 0.1) is 0 Å². The van der Waals surface area contributed by atoms with Gasteiger partial charge in [-0.3, -0.25) is 14.6 Å². The number of hydrogen-bond donors (Lipinski definition) is 1. The van der Waals surface area contributed by atoms with Crippen molar-refractivity contribution in [3.63, 3.8) is 0 Å². The number of benzene rings is 2. The van der Waals surface area contributed by atoms with Crippen molar-refractivity contribution in [1.82, 2.24) is 9.88 Å². The maximum Gasteiger partial charge on any atom is 0.296 e. The Balaban J connectivity index is 1.82. The van der Waals surface area contributed by atoms with Crippen molar-refractivity contribution in [2.45, 2.75) is 12.6 Å². The Bertz CT molecular complexity index is 1210. The molecule has 4 rings (SSSR count). The Hall–Kier alpha value is -3.35. The third-order valence-corrected chi connectivity index (χ3v) is 5.95. The van der Waals surface area contributed by atoms with Crippen molar-refractivity contribution in [2.75, 3.05) is 7.11 Å². The van der Waals surface area contributed by atoms with Crippen LogP contribution in [0.2, 0.25) is 10.0 Å². The molecule has 0 radical (unpaired) electrons. The first kappa shape index (κ1) is 21.9. The largest absolute Gasteiger partial charge is 0.507 e. The number of methoxy groups -OCH3 is 1. The molecule has 1 aliphatic heterocycles. The molecule has 162 valence electrons. The van der Waals surface area contributed by atoms with E-state index in [0.717, 1.165) is 5.56 Å². The lowest BCUT2D eigenvalue weighted by molar-refractivity contribution is -0.140. The van der Waals surface area contributed by atoms with Gasteiger partial charge in [0.05, 0.1) is 28.4 Å². The average Bonchev–Trinajstić information content (AvgIpc) is 3.06. The van der Waals surface area contributed by atoms with E-state index in [1.165, 1.54) is 23.1 Å². The van der Waals surface area contributed by atoms with Gasteiger partial charge in [-0.1, -0.05) is 41.4 Å². The van der Waals surface area contributed by atoms with Gasteiger partial charge in [0, 0.05) is 18.3 Å². The van der Waals surface area contributed by atoms with Gasteiger partial charge in [-0.15, -0.1) is 0 Å². The number of ketones is 1. The van der Waals surface area contributed by atoms with Crippen LogP contribution in [0.15, 0.2) is 72.4 Å². The number of halogens is 2. The van der Waals surface area contributed by atoms with Crippen molar-refractivity contribution in [3.05, 3.63) is 99.3 Å². The Morgan fingerprint density at radius 1 is 1.06 bits per heavy atom. The molecule has 0 bridgehead atoms. The molecule has 0 saturated carbocycles. The standard InChI is InChI=1S/C24H18Cl2N2O4/c1-32-16-8-5-14(6-9-16)13-28-21(19-4-2-3-11-27-19)20(23(30)24(28)31)22(29)15-7-10-17(25)18(26)12-15/h2-12,21,29H,13H2,1H3/b22-20-. The summed E-state index contributed by atoms with van der Waals surface area (Å²) >= 11 is 12.1. The minimum Gasteiger partial charge on any atom is -0.507 e. The van der Waals surface area contributed by atoms with Crippen LogP contribution < -0.4 is 4.74 Å². The second-order valence-electron chi connectivity index (χ2n) is 7.16. The van der Waals surface area contributed by atoms with Crippen LogP contribution in [-0.4, -0.2) is 33.8 Å². The van der Waals surface area contributed by atoms with Gasteiger partial charge in [0.25, 0.3) is 11.7 Å². The number of amides is 1. The third kappa shape index (κ3) is 4.07. The van der Waals surface area contributed by atoms with E-state index in [0.29, 0.717) is 16.5 Å². The number of carbonyl (C=O) groups is 2. The van der Waals surface area contributed by atoms with Crippen LogP contribution in [0.5, 0.6) is 5.75 Å². The SMILES string of the molecule is COc1ccc(CN2C(=O)C(=O)/C(=C(\O)c3ccc(Cl)c(Cl)c3)C2c2ccccn2)cc1. The monoisotopic (exact) mass is 468 g/mol. The van der Waals surface area contributed by atoms with E-state index in [4.69, 9.17) is 27.9 Å². The highest BCUT2D eigenvalue weighted by Crippen LogP contribution is 2.40. The average molecular weight is 469 g/mol. The minimum atomic E-state index is -0.868. The molecule has 1 saturated heterocycles. The number of likely N-dealkylation sites (tertiary alicyclic amines) is 1. The molecule has 6 nitrogen and oxygen atoms in total. The van der Waals surface area contributed by atoms with Crippen molar-refractivity contribution < 1.29 is 19.4 Å². The third-order valence-electron chi connectivity index (χ3n) is 5.21. The van der Waals surface area contributed by atoms with Crippen LogP contribution in [0.25, 0.3) is 5.76 Å². The molecule has 0 aliphatic carbocycles. The smallest absolute Gasteiger partial charge is 0.296 e. The summed E-state index contributed by atoms with van der Waals surface area (Å²) in [7, 11) is 1.57. The molecule has 3 aromatic rings. The highest BCUT2D eigenvalue weighted by atomic mass is 35.5. The Morgan fingerprint density at radius 3 is 2.44 bits per heavy atom. The summed E-state index contributed by atoms with van der Waals surface area (Å²) in [5, 5.41) is 11.6. The number of aliphatic hydroxyl groups excluding tert-OH is 1. The number of nitrogens with zero attached hydrogens (tertiary/aromatic N) is 2. The highest BCUT2D eigenvalue weighted by molar-refractivity contribution is 6.46. The first-order valence-electron chi connectivity index (χ1n) is 9.68. The van der Waals surface area contributed by atoms with Crippen LogP contribution in [0.1, 0.15) is 22.9 Å². The first-order chi connectivity index (χ1) is 15.4. The van der Waals surface area contributed by atoms with Crippen LogP contribution in [-0.2, 0) is 16.1 Å². The number of Topliss-reactive ketones (excluding diaryl/α,β-unsaturated/α-hetero) is 1. The van der Waals surface area contributed by atoms with Crippen LogP contribution >= 0.6 is 23.2 Å². The van der Waals surface area contributed by atoms with Gasteiger partial charge in [0.1, 0.15) is 17.6 Å². The van der Waals surface area contributed by atoms with E-state index in [-0.39, 0.29) is 28.5 Å². The minimum absolute atomic E-state index is 0.0550. The molecule has 2 heterocycles. The quantitative estimate of drug-likeness (QED) is 0.323. The van der Waals surface area contributed by atoms with Gasteiger partial charge in [-0.2, -0.15) is 0 Å². The lowest BCUT2D eigenvalue weighted by Gasteiger charge is -2.24. The fraction of sp³-hybridized carbons (Fsp3) is 0.125. The number of pyridine rings is 1. The predicted octanol–water partition coefficient (Wildman–Crippen LogP) is 5.02. The zero-order valence-electron chi connectivity index (χ0n) is 17.0. The summed E-state index contributed by atoms with van der Waals surface area (Å²) in [6.07, 6.45) is 1.57. The van der Waals surface area contributed by atoms with Crippen molar-refractivity contribution in [1.29, 1.82) is 0 Å². The van der Waals surface area contributed by atoms with Crippen LogP contribution in [0.4, 0.5) is 0 Å². The summed E-state index contributed by atoms with van der Waals surface area (Å²) in [6.45, 7) is 0.147. The summed E-state index contributed by atoms with van der Waals surface area (Å²) < 4.78 is 5.18. The number of carbonyl (C=O) groups excluding carboxylic acids is 2. The fourth-order valence-electron chi connectivity index (χ4n) is 3.61. The van der Waals surface area contributed by atoms with E-state index in [9.17, 15) is 14.7 Å². The van der Waals surface area contributed by atoms with Gasteiger partial charge < -0.3 is 14.7 Å². The zero-order valence-corrected chi connectivity index (χ0v) is 18.5. The second kappa shape index (κ2) is 9.02. The van der Waals surface area contributed by atoms with Crippen molar-refractivity contribution >= 4 is 40.7 Å². The van der Waals surface area contributed by atoms with E-state index in [2.05, 4.69) is 4.98 Å². The van der Waals surface area contributed by atoms with Gasteiger partial charge in [0.15, 0.2) is 0 Å². The molecule has 32 heavy (non-hydrogen) atoms. The first-order valence-corrected chi connectivity index (χ1v) is 10.4. The predicted molar refractivity (Wildman–Crippen MR) is 122 cm³/mol. The molecule has 1 amide bonds. The Morgan fingerprint density at radius 2 is 1.81 bits per heavy atom. The number of hydrogen-bond acceptors (Lipinski definition) is 5. The summed E-state index contributed by atoms with van der Waals surface area (Å²) in [5.41, 5.74) is 1.48. The molecule has 1 aliphatic rings. The topological polar surface area (TPSA) is 79.7 Å².